The van der Waals surface area contributed by atoms with Gasteiger partial charge in [-0.25, -0.2) is 4.98 Å². The first kappa shape index (κ1) is 25.4. The highest BCUT2D eigenvalue weighted by molar-refractivity contribution is 7.99. The molecule has 0 radical (unpaired) electrons. The number of aryl methyl sites for hydroxylation is 1. The molecule has 1 saturated carbocycles. The Balaban J connectivity index is 1.44. The van der Waals surface area contributed by atoms with Crippen LogP contribution >= 0.6 is 11.8 Å². The minimum atomic E-state index is -0.188. The molecule has 1 spiro atoms. The van der Waals surface area contributed by atoms with Gasteiger partial charge in [-0.15, -0.1) is 0 Å². The Morgan fingerprint density at radius 3 is 2.64 bits per heavy atom. The predicted molar refractivity (Wildman–Crippen MR) is 156 cm³/mol. The molecule has 4 aromatic rings. The maximum atomic E-state index is 14.5. The average molecular weight is 538 g/mol. The number of fused-ring (bicyclic) bond motifs is 4. The van der Waals surface area contributed by atoms with Crippen molar-refractivity contribution in [1.29, 1.82) is 0 Å². The van der Waals surface area contributed by atoms with Crippen LogP contribution in [0.5, 0.6) is 5.75 Å². The molecule has 0 aliphatic heterocycles. The quantitative estimate of drug-likeness (QED) is 0.230. The second-order valence-corrected chi connectivity index (χ2v) is 11.4. The van der Waals surface area contributed by atoms with Gasteiger partial charge >= 0.3 is 0 Å². The van der Waals surface area contributed by atoms with E-state index >= 15 is 0 Å². The van der Waals surface area contributed by atoms with Gasteiger partial charge < -0.3 is 10.1 Å². The number of methoxy groups -OCH3 is 1. The highest BCUT2D eigenvalue weighted by Crippen LogP contribution is 2.50. The first-order valence-electron chi connectivity index (χ1n) is 13.4. The number of benzene rings is 3. The summed E-state index contributed by atoms with van der Waals surface area (Å²) in [4.78, 5) is 32.7. The first-order valence-corrected chi connectivity index (χ1v) is 14.4. The van der Waals surface area contributed by atoms with Gasteiger partial charge in [0.05, 0.1) is 29.8 Å². The number of nitrogens with one attached hydrogen (secondary N) is 1. The van der Waals surface area contributed by atoms with Gasteiger partial charge in [-0.2, -0.15) is 0 Å². The Morgan fingerprint density at radius 1 is 1.05 bits per heavy atom. The van der Waals surface area contributed by atoms with Crippen molar-refractivity contribution in [2.24, 2.45) is 0 Å². The summed E-state index contributed by atoms with van der Waals surface area (Å²) >= 11 is 1.29. The van der Waals surface area contributed by atoms with E-state index in [1.807, 2.05) is 55.5 Å². The van der Waals surface area contributed by atoms with Crippen LogP contribution in [0, 0.1) is 6.92 Å². The van der Waals surface area contributed by atoms with Crippen molar-refractivity contribution < 1.29 is 9.53 Å². The molecule has 1 fully saturated rings. The molecule has 0 bridgehead atoms. The van der Waals surface area contributed by atoms with E-state index in [4.69, 9.17) is 9.72 Å². The van der Waals surface area contributed by atoms with E-state index in [0.29, 0.717) is 16.6 Å². The Hall–Kier alpha value is -3.84. The second kappa shape index (κ2) is 10.4. The maximum Gasteiger partial charge on any atom is 0.263 e. The Kier molecular flexibility index (Phi) is 6.77. The molecule has 2 aliphatic carbocycles. The molecule has 1 aromatic heterocycles. The fourth-order valence-corrected chi connectivity index (χ4v) is 6.94. The molecule has 1 amide bonds. The third-order valence-corrected chi connectivity index (χ3v) is 8.83. The molecular weight excluding hydrogens is 506 g/mol. The summed E-state index contributed by atoms with van der Waals surface area (Å²) in [7, 11) is 1.59. The lowest BCUT2D eigenvalue weighted by molar-refractivity contribution is -0.113. The highest BCUT2D eigenvalue weighted by Gasteiger charge is 2.44. The minimum absolute atomic E-state index is 0.0160. The summed E-state index contributed by atoms with van der Waals surface area (Å²) in [6.45, 7) is 2.02. The predicted octanol–water partition coefficient (Wildman–Crippen LogP) is 6.32. The maximum absolute atomic E-state index is 14.5. The fraction of sp³-hybridized carbons (Fsp3) is 0.281. The Bertz CT molecular complexity index is 1620. The third-order valence-electron chi connectivity index (χ3n) is 7.89. The van der Waals surface area contributed by atoms with Crippen molar-refractivity contribution in [3.8, 4) is 22.7 Å². The number of carbonyl (C=O) groups excluding carboxylic acids is 1. The van der Waals surface area contributed by atoms with E-state index in [0.717, 1.165) is 60.2 Å². The lowest BCUT2D eigenvalue weighted by Crippen LogP contribution is -2.40. The first-order chi connectivity index (χ1) is 19.0. The number of nitrogens with zero attached hydrogens (tertiary/aromatic N) is 2. The van der Waals surface area contributed by atoms with E-state index in [2.05, 4.69) is 23.5 Å². The monoisotopic (exact) mass is 537 g/mol. The standard InChI is InChI=1S/C32H31N3O3S/c1-21-9-7-12-24(17-21)35-30(37)28-29(26-14-4-3-10-22(26)19-32(28)15-5-6-16-32)34-31(35)39-20-27(36)33-23-11-8-13-25(18-23)38-2/h3-4,7-14,17-18H,5-6,15-16,19-20H2,1-2H3,(H,33,36). The van der Waals surface area contributed by atoms with Gasteiger partial charge in [0.2, 0.25) is 5.91 Å². The number of thioether (sulfide) groups is 1. The number of amides is 1. The molecule has 1 heterocycles. The van der Waals surface area contributed by atoms with Gasteiger partial charge in [-0.3, -0.25) is 14.2 Å². The van der Waals surface area contributed by atoms with Crippen LogP contribution in [0.1, 0.15) is 42.4 Å². The van der Waals surface area contributed by atoms with Crippen LogP contribution in [0.4, 0.5) is 5.69 Å². The lowest BCUT2D eigenvalue weighted by Gasteiger charge is -2.36. The van der Waals surface area contributed by atoms with Crippen molar-refractivity contribution in [2.45, 2.75) is 49.6 Å². The normalized spacial score (nSPS) is 15.0. The molecule has 0 unspecified atom stereocenters. The van der Waals surface area contributed by atoms with E-state index < -0.39 is 0 Å². The average Bonchev–Trinajstić information content (AvgIpc) is 3.40. The van der Waals surface area contributed by atoms with Crippen LogP contribution in [-0.4, -0.2) is 28.3 Å². The third kappa shape index (κ3) is 4.76. The van der Waals surface area contributed by atoms with E-state index in [1.54, 1.807) is 17.7 Å². The van der Waals surface area contributed by atoms with E-state index in [1.165, 1.54) is 17.3 Å². The van der Waals surface area contributed by atoms with Crippen LogP contribution < -0.4 is 15.6 Å². The van der Waals surface area contributed by atoms with Crippen LogP contribution in [-0.2, 0) is 16.6 Å². The molecule has 198 valence electrons. The molecule has 2 aliphatic rings. The molecule has 6 rings (SSSR count). The lowest BCUT2D eigenvalue weighted by atomic mass is 9.68. The number of aromatic nitrogens is 2. The van der Waals surface area contributed by atoms with Gasteiger partial charge in [0.15, 0.2) is 5.16 Å². The van der Waals surface area contributed by atoms with Crippen molar-refractivity contribution in [3.05, 3.63) is 99.8 Å². The van der Waals surface area contributed by atoms with Crippen molar-refractivity contribution >= 4 is 23.4 Å². The molecule has 6 nitrogen and oxygen atoms in total. The zero-order chi connectivity index (χ0) is 27.0. The molecule has 0 saturated heterocycles. The summed E-state index contributed by atoms with van der Waals surface area (Å²) < 4.78 is 7.00. The highest BCUT2D eigenvalue weighted by atomic mass is 32.2. The van der Waals surface area contributed by atoms with Crippen LogP contribution in [0.25, 0.3) is 16.9 Å². The summed E-state index contributed by atoms with van der Waals surface area (Å²) in [5.74, 6) is 0.606. The van der Waals surface area contributed by atoms with Crippen LogP contribution in [0.15, 0.2) is 82.7 Å². The number of rotatable bonds is 6. The molecular formula is C32H31N3O3S. The largest absolute Gasteiger partial charge is 0.497 e. The summed E-state index contributed by atoms with van der Waals surface area (Å²) in [5, 5.41) is 3.46. The Labute approximate surface area is 232 Å². The smallest absolute Gasteiger partial charge is 0.263 e. The van der Waals surface area contributed by atoms with Crippen molar-refractivity contribution in [3.63, 3.8) is 0 Å². The van der Waals surface area contributed by atoms with E-state index in [9.17, 15) is 9.59 Å². The molecule has 1 N–H and O–H groups in total. The summed E-state index contributed by atoms with van der Waals surface area (Å²) in [6, 6.07) is 23.5. The fourth-order valence-electron chi connectivity index (χ4n) is 6.13. The number of hydrogen-bond acceptors (Lipinski definition) is 5. The molecule has 7 heteroatoms. The van der Waals surface area contributed by atoms with E-state index in [-0.39, 0.29) is 22.6 Å². The number of ether oxygens (including phenoxy) is 1. The minimum Gasteiger partial charge on any atom is -0.497 e. The van der Waals surface area contributed by atoms with Gasteiger partial charge in [0.1, 0.15) is 5.75 Å². The summed E-state index contributed by atoms with van der Waals surface area (Å²) in [6.07, 6.45) is 5.10. The number of hydrogen-bond donors (Lipinski definition) is 1. The van der Waals surface area contributed by atoms with Gasteiger partial charge in [0.25, 0.3) is 5.56 Å². The topological polar surface area (TPSA) is 73.2 Å². The van der Waals surface area contributed by atoms with Crippen LogP contribution in [0.2, 0.25) is 0 Å². The molecule has 0 atom stereocenters. The zero-order valence-electron chi connectivity index (χ0n) is 22.2. The van der Waals surface area contributed by atoms with Gasteiger partial charge in [-0.1, -0.05) is 67.1 Å². The number of anilines is 1. The van der Waals surface area contributed by atoms with Gasteiger partial charge in [0, 0.05) is 22.7 Å². The van der Waals surface area contributed by atoms with Gasteiger partial charge in [-0.05, 0) is 61.6 Å². The molecule has 39 heavy (non-hydrogen) atoms. The van der Waals surface area contributed by atoms with Crippen molar-refractivity contribution in [2.75, 3.05) is 18.2 Å². The SMILES string of the molecule is COc1cccc(NC(=O)CSc2nc3c(c(=O)n2-c2cccc(C)c2)C2(CCCC2)Cc2ccccc2-3)c1. The van der Waals surface area contributed by atoms with Crippen LogP contribution in [0.3, 0.4) is 0 Å². The zero-order valence-corrected chi connectivity index (χ0v) is 23.0. The molecule has 3 aromatic carbocycles. The van der Waals surface area contributed by atoms with Crippen molar-refractivity contribution in [1.82, 2.24) is 9.55 Å². The number of carbonyl (C=O) groups is 1. The second-order valence-electron chi connectivity index (χ2n) is 10.5. The Morgan fingerprint density at radius 2 is 1.85 bits per heavy atom. The summed E-state index contributed by atoms with van der Waals surface area (Å²) in [5.41, 5.74) is 6.19.